The standard InChI is InChI=1S/C23H20ClF6N5O5/c24-15-6-4-12(5-7-15)19-33-35(21(39)34(19)9-17(36)23(28,29)30)10-18(37)32-16(11-40-20(31)38)13-2-1-3-14(8-13)22(25,26)27/h1-8,16-17,36H,9-11H2,(H2,31,38)(H,32,37)/t16?,17-/m0/s1. The van der Waals surface area contributed by atoms with E-state index >= 15 is 0 Å². The average Bonchev–Trinajstić information content (AvgIpc) is 3.15. The lowest BCUT2D eigenvalue weighted by Gasteiger charge is -2.20. The number of aliphatic hydroxyl groups is 1. The number of halogens is 7. The first kappa shape index (κ1) is 30.5. The smallest absolute Gasteiger partial charge is 0.416 e. The SMILES string of the molecule is NC(=O)OCC(NC(=O)Cn1nc(-c2ccc(Cl)cc2)n(C[C@H](O)C(F)(F)F)c1=O)c1cccc(C(F)(F)F)c1. The molecule has 2 aromatic carbocycles. The average molecular weight is 596 g/mol. The molecule has 216 valence electrons. The Morgan fingerprint density at radius 3 is 2.33 bits per heavy atom. The number of primary amides is 1. The van der Waals surface area contributed by atoms with Crippen LogP contribution in [0.25, 0.3) is 11.4 Å². The van der Waals surface area contributed by atoms with Crippen LogP contribution in [0, 0.1) is 0 Å². The Balaban J connectivity index is 1.93. The molecular formula is C23H20ClF6N5O5. The van der Waals surface area contributed by atoms with E-state index in [1.54, 1.807) is 0 Å². The molecule has 0 spiro atoms. The number of alkyl halides is 6. The van der Waals surface area contributed by atoms with Gasteiger partial charge in [-0.1, -0.05) is 23.7 Å². The summed E-state index contributed by atoms with van der Waals surface area (Å²) in [6.07, 6.45) is -14.0. The number of carbonyl (C=O) groups is 2. The number of carbonyl (C=O) groups excluding carboxylic acids is 2. The van der Waals surface area contributed by atoms with Crippen LogP contribution < -0.4 is 16.7 Å². The van der Waals surface area contributed by atoms with Crippen LogP contribution >= 0.6 is 11.6 Å². The number of hydrogen-bond donors (Lipinski definition) is 3. The van der Waals surface area contributed by atoms with E-state index in [1.165, 1.54) is 30.3 Å². The molecule has 0 saturated carbocycles. The summed E-state index contributed by atoms with van der Waals surface area (Å²) < 4.78 is 84.2. The van der Waals surface area contributed by atoms with E-state index in [0.717, 1.165) is 12.1 Å². The number of aliphatic hydroxyl groups excluding tert-OH is 1. The molecule has 0 saturated heterocycles. The molecule has 3 rings (SSSR count). The number of nitrogens with one attached hydrogen (secondary N) is 1. The summed E-state index contributed by atoms with van der Waals surface area (Å²) in [6, 6.07) is 7.81. The Kier molecular flexibility index (Phi) is 9.14. The molecular weight excluding hydrogens is 576 g/mol. The predicted octanol–water partition coefficient (Wildman–Crippen LogP) is 3.26. The van der Waals surface area contributed by atoms with Gasteiger partial charge in [0.05, 0.1) is 18.2 Å². The fourth-order valence-electron chi connectivity index (χ4n) is 3.49. The lowest BCUT2D eigenvalue weighted by Crippen LogP contribution is -2.39. The molecule has 1 unspecified atom stereocenters. The van der Waals surface area contributed by atoms with Gasteiger partial charge in [-0.25, -0.2) is 14.3 Å². The van der Waals surface area contributed by atoms with Crippen molar-refractivity contribution in [3.63, 3.8) is 0 Å². The maximum absolute atomic E-state index is 13.2. The molecule has 0 aliphatic rings. The Hall–Kier alpha value is -4.05. The Morgan fingerprint density at radius 2 is 1.75 bits per heavy atom. The summed E-state index contributed by atoms with van der Waals surface area (Å²) in [5, 5.41) is 16.0. The zero-order valence-corrected chi connectivity index (χ0v) is 20.8. The van der Waals surface area contributed by atoms with Gasteiger partial charge in [0.25, 0.3) is 0 Å². The van der Waals surface area contributed by atoms with Crippen LogP contribution in [0.5, 0.6) is 0 Å². The van der Waals surface area contributed by atoms with Crippen molar-refractivity contribution in [3.8, 4) is 11.4 Å². The molecule has 1 heterocycles. The molecule has 0 radical (unpaired) electrons. The number of amides is 2. The number of nitrogens with zero attached hydrogens (tertiary/aromatic N) is 3. The highest BCUT2D eigenvalue weighted by Gasteiger charge is 2.39. The molecule has 4 N–H and O–H groups in total. The van der Waals surface area contributed by atoms with Crippen molar-refractivity contribution in [2.24, 2.45) is 5.73 Å². The minimum absolute atomic E-state index is 0.127. The van der Waals surface area contributed by atoms with Gasteiger partial charge in [-0.3, -0.25) is 9.36 Å². The zero-order valence-electron chi connectivity index (χ0n) is 20.0. The Bertz CT molecular complexity index is 1420. The van der Waals surface area contributed by atoms with Crippen molar-refractivity contribution >= 4 is 23.6 Å². The van der Waals surface area contributed by atoms with Gasteiger partial charge in [0.15, 0.2) is 11.9 Å². The highest BCUT2D eigenvalue weighted by atomic mass is 35.5. The van der Waals surface area contributed by atoms with Crippen LogP contribution in [0.3, 0.4) is 0 Å². The molecule has 0 fully saturated rings. The van der Waals surface area contributed by atoms with Crippen LogP contribution in [0.15, 0.2) is 53.3 Å². The first-order valence-corrected chi connectivity index (χ1v) is 11.5. The first-order valence-electron chi connectivity index (χ1n) is 11.1. The normalized spacial score (nSPS) is 13.5. The third-order valence-electron chi connectivity index (χ3n) is 5.40. The Morgan fingerprint density at radius 1 is 1.10 bits per heavy atom. The fourth-order valence-corrected chi connectivity index (χ4v) is 3.62. The van der Waals surface area contributed by atoms with Crippen LogP contribution in [0.2, 0.25) is 5.02 Å². The second-order valence-corrected chi connectivity index (χ2v) is 8.75. The molecule has 10 nitrogen and oxygen atoms in total. The van der Waals surface area contributed by atoms with Crippen molar-refractivity contribution in [1.29, 1.82) is 0 Å². The lowest BCUT2D eigenvalue weighted by molar-refractivity contribution is -0.207. The third-order valence-corrected chi connectivity index (χ3v) is 5.65. The number of aromatic nitrogens is 3. The van der Waals surface area contributed by atoms with Gasteiger partial charge in [-0.15, -0.1) is 5.10 Å². The summed E-state index contributed by atoms with van der Waals surface area (Å²) >= 11 is 5.83. The molecule has 2 amide bonds. The van der Waals surface area contributed by atoms with E-state index in [4.69, 9.17) is 17.3 Å². The van der Waals surface area contributed by atoms with Crippen LogP contribution in [-0.2, 0) is 28.8 Å². The fraction of sp³-hybridized carbons (Fsp3) is 0.304. The van der Waals surface area contributed by atoms with Gasteiger partial charge in [-0.05, 0) is 42.0 Å². The second kappa shape index (κ2) is 12.0. The predicted molar refractivity (Wildman–Crippen MR) is 127 cm³/mol. The van der Waals surface area contributed by atoms with Crippen molar-refractivity contribution in [3.05, 3.63) is 75.2 Å². The number of rotatable bonds is 9. The topological polar surface area (TPSA) is 141 Å². The minimum atomic E-state index is -5.07. The summed E-state index contributed by atoms with van der Waals surface area (Å²) in [5.74, 6) is -1.36. The highest BCUT2D eigenvalue weighted by Crippen LogP contribution is 2.31. The second-order valence-electron chi connectivity index (χ2n) is 8.31. The maximum atomic E-state index is 13.2. The maximum Gasteiger partial charge on any atom is 0.416 e. The van der Waals surface area contributed by atoms with Gasteiger partial charge < -0.3 is 20.9 Å². The highest BCUT2D eigenvalue weighted by molar-refractivity contribution is 6.30. The Labute approximate surface area is 225 Å². The third kappa shape index (κ3) is 7.75. The number of ether oxygens (including phenoxy) is 1. The number of benzene rings is 2. The van der Waals surface area contributed by atoms with Crippen molar-refractivity contribution in [1.82, 2.24) is 19.7 Å². The zero-order chi connectivity index (χ0) is 29.8. The summed E-state index contributed by atoms with van der Waals surface area (Å²) in [7, 11) is 0. The summed E-state index contributed by atoms with van der Waals surface area (Å²) in [6.45, 7) is -2.83. The van der Waals surface area contributed by atoms with E-state index in [9.17, 15) is 45.8 Å². The molecule has 0 aliphatic carbocycles. The molecule has 1 aromatic heterocycles. The van der Waals surface area contributed by atoms with Crippen LogP contribution in [0.4, 0.5) is 31.1 Å². The van der Waals surface area contributed by atoms with Crippen LogP contribution in [-0.4, -0.2) is 50.3 Å². The van der Waals surface area contributed by atoms with Crippen molar-refractivity contribution in [2.45, 2.75) is 37.6 Å². The van der Waals surface area contributed by atoms with Gasteiger partial charge in [0, 0.05) is 10.6 Å². The van der Waals surface area contributed by atoms with Gasteiger partial charge in [0.1, 0.15) is 13.2 Å². The quantitative estimate of drug-likeness (QED) is 0.324. The lowest BCUT2D eigenvalue weighted by atomic mass is 10.0. The van der Waals surface area contributed by atoms with E-state index in [-0.39, 0.29) is 22.0 Å². The molecule has 17 heteroatoms. The van der Waals surface area contributed by atoms with Crippen molar-refractivity contribution in [2.75, 3.05) is 6.61 Å². The molecule has 0 bridgehead atoms. The summed E-state index contributed by atoms with van der Waals surface area (Å²) in [5.41, 5.74) is 2.67. The number of nitrogens with two attached hydrogens (primary N) is 1. The largest absolute Gasteiger partial charge is 0.447 e. The monoisotopic (exact) mass is 595 g/mol. The van der Waals surface area contributed by atoms with Gasteiger partial charge in [0.2, 0.25) is 5.91 Å². The van der Waals surface area contributed by atoms with E-state index in [2.05, 4.69) is 15.2 Å². The first-order chi connectivity index (χ1) is 18.6. The van der Waals surface area contributed by atoms with Gasteiger partial charge in [-0.2, -0.15) is 26.3 Å². The van der Waals surface area contributed by atoms with E-state index < -0.39 is 67.4 Å². The van der Waals surface area contributed by atoms with Crippen molar-refractivity contribution < 1.29 is 45.8 Å². The van der Waals surface area contributed by atoms with Gasteiger partial charge >= 0.3 is 24.1 Å². The molecule has 3 aromatic rings. The van der Waals surface area contributed by atoms with E-state index in [0.29, 0.717) is 15.3 Å². The minimum Gasteiger partial charge on any atom is -0.447 e. The summed E-state index contributed by atoms with van der Waals surface area (Å²) in [4.78, 5) is 36.8. The molecule has 0 aliphatic heterocycles. The molecule has 40 heavy (non-hydrogen) atoms. The molecule has 2 atom stereocenters. The van der Waals surface area contributed by atoms with E-state index in [1.807, 2.05) is 0 Å². The van der Waals surface area contributed by atoms with Crippen LogP contribution in [0.1, 0.15) is 17.2 Å². The number of hydrogen-bond acceptors (Lipinski definition) is 6.